The summed E-state index contributed by atoms with van der Waals surface area (Å²) < 4.78 is 1.16. The Labute approximate surface area is 126 Å². The Morgan fingerprint density at radius 3 is 2.55 bits per heavy atom. The van der Waals surface area contributed by atoms with Crippen LogP contribution in [-0.4, -0.2) is 4.98 Å². The van der Waals surface area contributed by atoms with Crippen LogP contribution in [0.1, 0.15) is 23.4 Å². The van der Waals surface area contributed by atoms with Gasteiger partial charge in [-0.15, -0.1) is 11.3 Å². The first-order valence-electron chi connectivity index (χ1n) is 6.60. The van der Waals surface area contributed by atoms with Crippen molar-refractivity contribution in [2.24, 2.45) is 0 Å². The minimum atomic E-state index is 0.101. The van der Waals surface area contributed by atoms with Crippen LogP contribution in [0, 0.1) is 0 Å². The van der Waals surface area contributed by atoms with Gasteiger partial charge in [0.05, 0.1) is 10.2 Å². The van der Waals surface area contributed by atoms with Crippen molar-refractivity contribution in [1.29, 1.82) is 0 Å². The number of benzene rings is 2. The summed E-state index contributed by atoms with van der Waals surface area (Å²) in [7, 11) is 0. The summed E-state index contributed by atoms with van der Waals surface area (Å²) in [6.07, 6.45) is 2.31. The lowest BCUT2D eigenvalue weighted by atomic mass is 9.96. The smallest absolute Gasteiger partial charge is 0.104 e. The fourth-order valence-corrected chi connectivity index (χ4v) is 4.17. The predicted octanol–water partition coefficient (Wildman–Crippen LogP) is 4.61. The van der Waals surface area contributed by atoms with Crippen molar-refractivity contribution >= 4 is 38.8 Å². The Morgan fingerprint density at radius 2 is 1.85 bits per heavy atom. The zero-order valence-electron chi connectivity index (χ0n) is 10.8. The first-order chi connectivity index (χ1) is 9.67. The van der Waals surface area contributed by atoms with Gasteiger partial charge in [0.25, 0.3) is 0 Å². The molecule has 2 aromatic carbocycles. The molecular weight excluding hydrogens is 288 g/mol. The fraction of sp³-hybridized carbons (Fsp3) is 0.188. The molecule has 1 fully saturated rings. The molecule has 0 aliphatic heterocycles. The number of nitrogens with zero attached hydrogens (tertiary/aromatic N) is 1. The zero-order valence-corrected chi connectivity index (χ0v) is 12.3. The second-order valence-electron chi connectivity index (χ2n) is 5.34. The highest BCUT2D eigenvalue weighted by molar-refractivity contribution is 7.18. The van der Waals surface area contributed by atoms with Gasteiger partial charge in [0, 0.05) is 16.1 Å². The topological polar surface area (TPSA) is 38.9 Å². The normalized spacial score (nSPS) is 16.4. The Kier molecular flexibility index (Phi) is 2.56. The van der Waals surface area contributed by atoms with Gasteiger partial charge in [-0.1, -0.05) is 23.7 Å². The summed E-state index contributed by atoms with van der Waals surface area (Å²) in [6.45, 7) is 0. The molecule has 2 nitrogen and oxygen atoms in total. The molecule has 4 heteroatoms. The van der Waals surface area contributed by atoms with Crippen LogP contribution >= 0.6 is 22.9 Å². The first kappa shape index (κ1) is 12.2. The van der Waals surface area contributed by atoms with Gasteiger partial charge in [0.1, 0.15) is 5.01 Å². The predicted molar refractivity (Wildman–Crippen MR) is 85.5 cm³/mol. The highest BCUT2D eigenvalue weighted by Gasteiger charge is 2.48. The van der Waals surface area contributed by atoms with E-state index in [-0.39, 0.29) is 5.41 Å². The molecule has 0 amide bonds. The summed E-state index contributed by atoms with van der Waals surface area (Å²) in [4.78, 5) is 4.82. The van der Waals surface area contributed by atoms with Crippen LogP contribution in [0.4, 0.5) is 5.69 Å². The molecule has 0 saturated heterocycles. The molecule has 2 N–H and O–H groups in total. The summed E-state index contributed by atoms with van der Waals surface area (Å²) in [5.74, 6) is 0. The van der Waals surface area contributed by atoms with Crippen LogP contribution in [-0.2, 0) is 5.41 Å². The summed E-state index contributed by atoms with van der Waals surface area (Å²) in [5.41, 5.74) is 9.04. The number of nitrogen functional groups attached to an aromatic ring is 1. The molecule has 4 rings (SSSR count). The lowest BCUT2D eigenvalue weighted by Gasteiger charge is -2.12. The molecular formula is C16H13ClN2S. The zero-order chi connectivity index (χ0) is 13.7. The van der Waals surface area contributed by atoms with E-state index in [1.54, 1.807) is 11.3 Å². The minimum Gasteiger partial charge on any atom is -0.399 e. The number of nitrogens with two attached hydrogens (primary N) is 1. The van der Waals surface area contributed by atoms with E-state index in [1.165, 1.54) is 10.6 Å². The number of hydrogen-bond donors (Lipinski definition) is 1. The number of rotatable bonds is 2. The van der Waals surface area contributed by atoms with Gasteiger partial charge in [-0.3, -0.25) is 0 Å². The molecule has 1 heterocycles. The number of thiazole rings is 1. The van der Waals surface area contributed by atoms with Crippen molar-refractivity contribution in [2.75, 3.05) is 5.73 Å². The van der Waals surface area contributed by atoms with Crippen LogP contribution in [0.15, 0.2) is 42.5 Å². The summed E-state index contributed by atoms with van der Waals surface area (Å²) >= 11 is 7.81. The number of hydrogen-bond acceptors (Lipinski definition) is 3. The van der Waals surface area contributed by atoms with E-state index in [2.05, 4.69) is 12.1 Å². The van der Waals surface area contributed by atoms with Gasteiger partial charge in [-0.2, -0.15) is 0 Å². The Morgan fingerprint density at radius 1 is 1.10 bits per heavy atom. The highest BCUT2D eigenvalue weighted by atomic mass is 35.5. The second kappa shape index (κ2) is 4.21. The molecule has 1 aliphatic rings. The van der Waals surface area contributed by atoms with Crippen molar-refractivity contribution in [3.05, 3.63) is 58.1 Å². The molecule has 1 saturated carbocycles. The summed E-state index contributed by atoms with van der Waals surface area (Å²) in [5, 5.41) is 1.96. The van der Waals surface area contributed by atoms with Gasteiger partial charge in [-0.25, -0.2) is 4.98 Å². The van der Waals surface area contributed by atoms with Crippen LogP contribution in [0.3, 0.4) is 0 Å². The van der Waals surface area contributed by atoms with Gasteiger partial charge in [-0.05, 0) is 48.7 Å². The molecule has 0 unspecified atom stereocenters. The number of halogens is 1. The molecule has 20 heavy (non-hydrogen) atoms. The van der Waals surface area contributed by atoms with Gasteiger partial charge in [0.2, 0.25) is 0 Å². The van der Waals surface area contributed by atoms with Crippen molar-refractivity contribution in [1.82, 2.24) is 4.98 Å². The average Bonchev–Trinajstić information content (AvgIpc) is 3.14. The number of fused-ring (bicyclic) bond motifs is 1. The molecule has 1 aliphatic carbocycles. The maximum atomic E-state index is 6.06. The van der Waals surface area contributed by atoms with E-state index in [0.717, 1.165) is 33.8 Å². The van der Waals surface area contributed by atoms with Crippen LogP contribution in [0.2, 0.25) is 5.02 Å². The van der Waals surface area contributed by atoms with Crippen molar-refractivity contribution in [2.45, 2.75) is 18.3 Å². The van der Waals surface area contributed by atoms with E-state index in [4.69, 9.17) is 22.3 Å². The molecule has 1 aromatic heterocycles. The maximum absolute atomic E-state index is 6.06. The fourth-order valence-electron chi connectivity index (χ4n) is 2.66. The maximum Gasteiger partial charge on any atom is 0.104 e. The van der Waals surface area contributed by atoms with Crippen molar-refractivity contribution in [3.63, 3.8) is 0 Å². The highest BCUT2D eigenvalue weighted by Crippen LogP contribution is 2.55. The number of anilines is 1. The third-order valence-corrected chi connectivity index (χ3v) is 5.43. The van der Waals surface area contributed by atoms with E-state index in [0.29, 0.717) is 0 Å². The minimum absolute atomic E-state index is 0.101. The van der Waals surface area contributed by atoms with Crippen molar-refractivity contribution in [3.8, 4) is 0 Å². The Balaban J connectivity index is 1.83. The van der Waals surface area contributed by atoms with Gasteiger partial charge >= 0.3 is 0 Å². The van der Waals surface area contributed by atoms with Gasteiger partial charge < -0.3 is 5.73 Å². The standard InChI is InChI=1S/C16H13ClN2S/c17-11-3-6-13-14(9-11)20-15(19-13)16(7-8-16)10-1-4-12(18)5-2-10/h1-6,9H,7-8,18H2. The third-order valence-electron chi connectivity index (χ3n) is 3.97. The number of aromatic nitrogens is 1. The molecule has 0 radical (unpaired) electrons. The Bertz CT molecular complexity index is 788. The lowest BCUT2D eigenvalue weighted by molar-refractivity contribution is 0.838. The van der Waals surface area contributed by atoms with E-state index in [9.17, 15) is 0 Å². The van der Waals surface area contributed by atoms with Crippen LogP contribution < -0.4 is 5.73 Å². The molecule has 0 atom stereocenters. The van der Waals surface area contributed by atoms with Crippen LogP contribution in [0.5, 0.6) is 0 Å². The van der Waals surface area contributed by atoms with E-state index in [1.807, 2.05) is 30.3 Å². The van der Waals surface area contributed by atoms with E-state index < -0.39 is 0 Å². The first-order valence-corrected chi connectivity index (χ1v) is 7.79. The summed E-state index contributed by atoms with van der Waals surface area (Å²) in [6, 6.07) is 14.1. The monoisotopic (exact) mass is 300 g/mol. The van der Waals surface area contributed by atoms with E-state index >= 15 is 0 Å². The molecule has 0 spiro atoms. The quantitative estimate of drug-likeness (QED) is 0.702. The van der Waals surface area contributed by atoms with Gasteiger partial charge in [0.15, 0.2) is 0 Å². The SMILES string of the molecule is Nc1ccc(C2(c3nc4ccc(Cl)cc4s3)CC2)cc1. The Hall–Kier alpha value is -1.58. The van der Waals surface area contributed by atoms with Crippen molar-refractivity contribution < 1.29 is 0 Å². The molecule has 100 valence electrons. The molecule has 3 aromatic rings. The largest absolute Gasteiger partial charge is 0.399 e. The van der Waals surface area contributed by atoms with Crippen LogP contribution in [0.25, 0.3) is 10.2 Å². The third kappa shape index (κ3) is 1.81. The molecule has 0 bridgehead atoms. The lowest BCUT2D eigenvalue weighted by Crippen LogP contribution is -2.07. The average molecular weight is 301 g/mol. The second-order valence-corrected chi connectivity index (χ2v) is 6.80.